The zero-order chi connectivity index (χ0) is 16.2. The van der Waals surface area contributed by atoms with Gasteiger partial charge in [-0.05, 0) is 12.1 Å². The fourth-order valence-electron chi connectivity index (χ4n) is 3.16. The molecule has 3 heterocycles. The quantitative estimate of drug-likeness (QED) is 0.626. The van der Waals surface area contributed by atoms with Crippen molar-refractivity contribution in [3.05, 3.63) is 24.2 Å². The lowest BCUT2D eigenvalue weighted by Crippen LogP contribution is -2.54. The van der Waals surface area contributed by atoms with Crippen LogP contribution in [0.1, 0.15) is 10.6 Å². The number of rotatable bonds is 5. The highest BCUT2D eigenvalue weighted by atomic mass is 16.5. The number of carbonyl (C=O) groups is 1. The molecule has 0 bridgehead atoms. The second-order valence-corrected chi connectivity index (χ2v) is 5.71. The predicted octanol–water partition coefficient (Wildman–Crippen LogP) is -1.17. The topological polar surface area (TPSA) is 104 Å². The summed E-state index contributed by atoms with van der Waals surface area (Å²) in [6.45, 7) is 2.54. The molecule has 4 unspecified atom stereocenters. The Morgan fingerprint density at radius 2 is 2.13 bits per heavy atom. The van der Waals surface area contributed by atoms with E-state index in [0.717, 1.165) is 0 Å². The average Bonchev–Trinajstić information content (AvgIpc) is 3.21. The van der Waals surface area contributed by atoms with Crippen LogP contribution < -0.4 is 5.32 Å². The molecule has 2 aliphatic heterocycles. The predicted molar refractivity (Wildman–Crippen MR) is 79.0 cm³/mol. The third-order valence-corrected chi connectivity index (χ3v) is 4.32. The largest absolute Gasteiger partial charge is 0.459 e. The molecule has 2 fully saturated rings. The van der Waals surface area contributed by atoms with Crippen molar-refractivity contribution in [2.45, 2.75) is 24.4 Å². The normalized spacial score (nSPS) is 32.1. The number of amides is 1. The molecule has 2 saturated heterocycles. The Labute approximate surface area is 134 Å². The van der Waals surface area contributed by atoms with Crippen LogP contribution in [-0.4, -0.2) is 84.8 Å². The highest BCUT2D eigenvalue weighted by molar-refractivity contribution is 5.91. The Morgan fingerprint density at radius 1 is 1.35 bits per heavy atom. The molecule has 0 saturated carbocycles. The Balaban J connectivity index is 1.64. The maximum absolute atomic E-state index is 12.0. The van der Waals surface area contributed by atoms with Crippen LogP contribution >= 0.6 is 0 Å². The van der Waals surface area contributed by atoms with Crippen molar-refractivity contribution in [3.8, 4) is 0 Å². The Bertz CT molecular complexity index is 502. The number of nitrogens with zero attached hydrogens (tertiary/aromatic N) is 1. The summed E-state index contributed by atoms with van der Waals surface area (Å²) in [5, 5.41) is 22.5. The van der Waals surface area contributed by atoms with E-state index in [1.54, 1.807) is 12.1 Å². The van der Waals surface area contributed by atoms with Crippen LogP contribution in [0, 0.1) is 0 Å². The van der Waals surface area contributed by atoms with Gasteiger partial charge in [-0.15, -0.1) is 0 Å². The summed E-state index contributed by atoms with van der Waals surface area (Å²) in [6, 6.07) is 2.94. The molecule has 2 aliphatic rings. The Morgan fingerprint density at radius 3 is 2.78 bits per heavy atom. The molecule has 1 aromatic rings. The summed E-state index contributed by atoms with van der Waals surface area (Å²) in [7, 11) is 0. The molecule has 0 spiro atoms. The van der Waals surface area contributed by atoms with Crippen LogP contribution in [0.3, 0.4) is 0 Å². The molecule has 0 radical (unpaired) electrons. The van der Waals surface area contributed by atoms with Crippen molar-refractivity contribution in [2.75, 3.05) is 39.5 Å². The summed E-state index contributed by atoms with van der Waals surface area (Å²) in [5.41, 5.74) is 0. The van der Waals surface area contributed by atoms with Gasteiger partial charge in [0.25, 0.3) is 5.91 Å². The molecule has 8 nitrogen and oxygen atoms in total. The zero-order valence-electron chi connectivity index (χ0n) is 12.8. The molecule has 1 aromatic heterocycles. The number of furan rings is 1. The number of nitrogens with one attached hydrogen (secondary N) is 1. The SMILES string of the molecule is O=C(NCC1OC(CO)C(O)C1N1CCOCC1)c1ccco1. The van der Waals surface area contributed by atoms with E-state index in [-0.39, 0.29) is 30.9 Å². The summed E-state index contributed by atoms with van der Waals surface area (Å²) >= 11 is 0. The molecule has 8 heteroatoms. The summed E-state index contributed by atoms with van der Waals surface area (Å²) in [5.74, 6) is -0.105. The monoisotopic (exact) mass is 326 g/mol. The molecule has 0 aliphatic carbocycles. The van der Waals surface area contributed by atoms with Crippen LogP contribution in [0.25, 0.3) is 0 Å². The van der Waals surface area contributed by atoms with E-state index in [0.29, 0.717) is 26.3 Å². The van der Waals surface area contributed by atoms with E-state index >= 15 is 0 Å². The maximum Gasteiger partial charge on any atom is 0.287 e. The summed E-state index contributed by atoms with van der Waals surface area (Å²) in [6.07, 6.45) is -0.417. The highest BCUT2D eigenvalue weighted by Gasteiger charge is 2.46. The van der Waals surface area contributed by atoms with Crippen molar-refractivity contribution in [1.29, 1.82) is 0 Å². The smallest absolute Gasteiger partial charge is 0.287 e. The van der Waals surface area contributed by atoms with Crippen LogP contribution in [0.5, 0.6) is 0 Å². The van der Waals surface area contributed by atoms with Crippen LogP contribution in [-0.2, 0) is 9.47 Å². The van der Waals surface area contributed by atoms with Crippen molar-refractivity contribution < 1.29 is 28.9 Å². The van der Waals surface area contributed by atoms with Crippen molar-refractivity contribution in [1.82, 2.24) is 10.2 Å². The zero-order valence-corrected chi connectivity index (χ0v) is 12.8. The van der Waals surface area contributed by atoms with Gasteiger partial charge in [-0.1, -0.05) is 0 Å². The number of carbonyl (C=O) groups excluding carboxylic acids is 1. The van der Waals surface area contributed by atoms with Gasteiger partial charge in [0, 0.05) is 19.6 Å². The minimum atomic E-state index is -0.802. The van der Waals surface area contributed by atoms with Gasteiger partial charge in [0.2, 0.25) is 0 Å². The summed E-state index contributed by atoms with van der Waals surface area (Å²) < 4.78 is 16.1. The van der Waals surface area contributed by atoms with Crippen molar-refractivity contribution in [3.63, 3.8) is 0 Å². The van der Waals surface area contributed by atoms with Gasteiger partial charge >= 0.3 is 0 Å². The minimum Gasteiger partial charge on any atom is -0.459 e. The van der Waals surface area contributed by atoms with Gasteiger partial charge < -0.3 is 29.4 Å². The first-order valence-electron chi connectivity index (χ1n) is 7.78. The van der Waals surface area contributed by atoms with Crippen molar-refractivity contribution in [2.24, 2.45) is 0 Å². The molecular weight excluding hydrogens is 304 g/mol. The standard InChI is InChI=1S/C15H22N2O6/c18-9-12-14(19)13(17-3-6-21-7-4-17)11(23-12)8-16-15(20)10-2-1-5-22-10/h1-2,5,11-14,18-19H,3-4,6-9H2,(H,16,20). The fourth-order valence-corrected chi connectivity index (χ4v) is 3.16. The first-order valence-corrected chi connectivity index (χ1v) is 7.78. The molecular formula is C15H22N2O6. The number of hydrogen-bond donors (Lipinski definition) is 3. The number of aliphatic hydroxyl groups excluding tert-OH is 2. The molecule has 1 amide bonds. The van der Waals surface area contributed by atoms with E-state index in [4.69, 9.17) is 13.9 Å². The van der Waals surface area contributed by atoms with Gasteiger partial charge in [-0.25, -0.2) is 0 Å². The van der Waals surface area contributed by atoms with Crippen LogP contribution in [0.2, 0.25) is 0 Å². The second-order valence-electron chi connectivity index (χ2n) is 5.71. The summed E-state index contributed by atoms with van der Waals surface area (Å²) in [4.78, 5) is 14.1. The Kier molecular flexibility index (Phi) is 5.29. The number of hydrogen-bond acceptors (Lipinski definition) is 7. The first-order chi connectivity index (χ1) is 11.2. The molecule has 3 rings (SSSR count). The lowest BCUT2D eigenvalue weighted by Gasteiger charge is -2.36. The van der Waals surface area contributed by atoms with Gasteiger partial charge in [-0.2, -0.15) is 0 Å². The number of aliphatic hydroxyl groups is 2. The molecule has 4 atom stereocenters. The molecule has 3 N–H and O–H groups in total. The molecule has 0 aromatic carbocycles. The lowest BCUT2D eigenvalue weighted by atomic mass is 10.0. The van der Waals surface area contributed by atoms with Crippen LogP contribution in [0.4, 0.5) is 0 Å². The van der Waals surface area contributed by atoms with E-state index in [2.05, 4.69) is 10.2 Å². The maximum atomic E-state index is 12.0. The lowest BCUT2D eigenvalue weighted by molar-refractivity contribution is -0.0220. The van der Waals surface area contributed by atoms with E-state index in [1.165, 1.54) is 6.26 Å². The number of ether oxygens (including phenoxy) is 2. The Hall–Kier alpha value is -1.45. The average molecular weight is 326 g/mol. The van der Waals surface area contributed by atoms with Gasteiger partial charge in [0.05, 0.1) is 38.2 Å². The van der Waals surface area contributed by atoms with Crippen molar-refractivity contribution >= 4 is 5.91 Å². The van der Waals surface area contributed by atoms with Crippen LogP contribution in [0.15, 0.2) is 22.8 Å². The molecule has 23 heavy (non-hydrogen) atoms. The van der Waals surface area contributed by atoms with Gasteiger partial charge in [0.1, 0.15) is 12.2 Å². The fraction of sp³-hybridized carbons (Fsp3) is 0.667. The third kappa shape index (κ3) is 3.56. The van der Waals surface area contributed by atoms with E-state index in [1.807, 2.05) is 0 Å². The highest BCUT2D eigenvalue weighted by Crippen LogP contribution is 2.26. The minimum absolute atomic E-state index is 0.227. The van der Waals surface area contributed by atoms with Gasteiger partial charge in [-0.3, -0.25) is 9.69 Å². The third-order valence-electron chi connectivity index (χ3n) is 4.32. The van der Waals surface area contributed by atoms with Gasteiger partial charge in [0.15, 0.2) is 5.76 Å². The van der Waals surface area contributed by atoms with E-state index < -0.39 is 18.3 Å². The molecule has 128 valence electrons. The number of morpholine rings is 1. The first kappa shape index (κ1) is 16.4. The second kappa shape index (κ2) is 7.41. The van der Waals surface area contributed by atoms with E-state index in [9.17, 15) is 15.0 Å².